The molecule has 0 fully saturated rings. The molecule has 0 heterocycles. The van der Waals surface area contributed by atoms with E-state index in [1.807, 2.05) is 20.8 Å². The minimum absolute atomic E-state index is 0.180. The van der Waals surface area contributed by atoms with Gasteiger partial charge in [0, 0.05) is 12.2 Å². The first-order valence-corrected chi connectivity index (χ1v) is 8.25. The number of carbonyl (C=O) groups is 1. The van der Waals surface area contributed by atoms with Gasteiger partial charge in [-0.1, -0.05) is 13.8 Å². The Morgan fingerprint density at radius 1 is 1.29 bits per heavy atom. The maximum Gasteiger partial charge on any atom is 0.305 e. The maximum absolute atomic E-state index is 11.6. The van der Waals surface area contributed by atoms with Crippen molar-refractivity contribution < 1.29 is 9.53 Å². The van der Waals surface area contributed by atoms with Crippen LogP contribution in [0, 0.1) is 11.3 Å². The average molecular weight is 313 g/mol. The van der Waals surface area contributed by atoms with Crippen molar-refractivity contribution in [1.82, 2.24) is 0 Å². The Labute approximate surface area is 132 Å². The largest absolute Gasteiger partial charge is 0.465 e. The number of esters is 1. The van der Waals surface area contributed by atoms with Crippen LogP contribution in [0.15, 0.2) is 10.2 Å². The highest BCUT2D eigenvalue weighted by Crippen LogP contribution is 2.20. The van der Waals surface area contributed by atoms with E-state index in [0.717, 1.165) is 5.75 Å². The summed E-state index contributed by atoms with van der Waals surface area (Å²) in [7, 11) is 0. The standard InChI is InChI=1S/C15H27N3O2S/c1-12(2)21-10-9-20-13(19)7-8-15(6,11-16)18-17-14(3,4)5/h12H,7-10H2,1-6H3. The second-order valence-electron chi connectivity index (χ2n) is 6.40. The second-order valence-corrected chi connectivity index (χ2v) is 8.08. The molecular weight excluding hydrogens is 286 g/mol. The van der Waals surface area contributed by atoms with Gasteiger partial charge in [0.1, 0.15) is 6.61 Å². The van der Waals surface area contributed by atoms with Crippen LogP contribution in [0.25, 0.3) is 0 Å². The van der Waals surface area contributed by atoms with E-state index in [2.05, 4.69) is 30.1 Å². The molecule has 0 rings (SSSR count). The fourth-order valence-corrected chi connectivity index (χ4v) is 1.90. The van der Waals surface area contributed by atoms with Crippen LogP contribution in [0.1, 0.15) is 54.4 Å². The van der Waals surface area contributed by atoms with Crippen molar-refractivity contribution >= 4 is 17.7 Å². The Balaban J connectivity index is 4.19. The van der Waals surface area contributed by atoms with Gasteiger partial charge in [0.05, 0.1) is 11.6 Å². The molecule has 0 amide bonds. The zero-order chi connectivity index (χ0) is 16.5. The number of rotatable bonds is 8. The zero-order valence-corrected chi connectivity index (χ0v) is 14.8. The van der Waals surface area contributed by atoms with Crippen molar-refractivity contribution in [2.45, 2.75) is 70.7 Å². The summed E-state index contributed by atoms with van der Waals surface area (Å²) in [6.45, 7) is 12.0. The van der Waals surface area contributed by atoms with Crippen LogP contribution < -0.4 is 0 Å². The fourth-order valence-electron chi connectivity index (χ4n) is 1.25. The van der Waals surface area contributed by atoms with Crippen LogP contribution in [0.3, 0.4) is 0 Å². The van der Waals surface area contributed by atoms with Crippen LogP contribution >= 0.6 is 11.8 Å². The summed E-state index contributed by atoms with van der Waals surface area (Å²) in [4.78, 5) is 11.6. The van der Waals surface area contributed by atoms with Crippen molar-refractivity contribution in [3.63, 3.8) is 0 Å². The molecule has 0 bridgehead atoms. The molecule has 1 unspecified atom stereocenters. The summed E-state index contributed by atoms with van der Waals surface area (Å²) in [5.74, 6) is 0.509. The molecule has 0 aliphatic rings. The molecule has 0 aromatic rings. The predicted molar refractivity (Wildman–Crippen MR) is 86.4 cm³/mol. The molecule has 0 aromatic carbocycles. The molecule has 1 atom stereocenters. The van der Waals surface area contributed by atoms with Crippen molar-refractivity contribution in [2.24, 2.45) is 10.2 Å². The van der Waals surface area contributed by atoms with Crippen molar-refractivity contribution in [2.75, 3.05) is 12.4 Å². The molecule has 0 saturated heterocycles. The van der Waals surface area contributed by atoms with E-state index in [4.69, 9.17) is 4.74 Å². The molecule has 0 spiro atoms. The first kappa shape index (κ1) is 19.9. The molecule has 0 N–H and O–H groups in total. The third kappa shape index (κ3) is 11.3. The Bertz CT molecular complexity index is 397. The predicted octanol–water partition coefficient (Wildman–Crippen LogP) is 3.98. The third-order valence-electron chi connectivity index (χ3n) is 2.43. The Morgan fingerprint density at radius 3 is 2.38 bits per heavy atom. The molecule has 5 nitrogen and oxygen atoms in total. The van der Waals surface area contributed by atoms with Gasteiger partial charge in [-0.2, -0.15) is 27.3 Å². The van der Waals surface area contributed by atoms with Crippen molar-refractivity contribution in [1.29, 1.82) is 5.26 Å². The number of hydrogen-bond acceptors (Lipinski definition) is 6. The lowest BCUT2D eigenvalue weighted by Gasteiger charge is -2.17. The van der Waals surface area contributed by atoms with Gasteiger partial charge in [-0.15, -0.1) is 0 Å². The number of nitrogens with zero attached hydrogens (tertiary/aromatic N) is 3. The summed E-state index contributed by atoms with van der Waals surface area (Å²) in [6.07, 6.45) is 0.499. The van der Waals surface area contributed by atoms with Gasteiger partial charge in [0.25, 0.3) is 0 Å². The molecule has 0 radical (unpaired) electrons. The van der Waals surface area contributed by atoms with E-state index in [0.29, 0.717) is 18.3 Å². The van der Waals surface area contributed by atoms with Crippen LogP contribution in [0.5, 0.6) is 0 Å². The number of ether oxygens (including phenoxy) is 1. The summed E-state index contributed by atoms with van der Waals surface area (Å²) in [6, 6.07) is 2.12. The second kappa shape index (κ2) is 9.04. The summed E-state index contributed by atoms with van der Waals surface area (Å²) >= 11 is 1.75. The minimum Gasteiger partial charge on any atom is -0.465 e. The van der Waals surface area contributed by atoms with Crippen LogP contribution in [-0.4, -0.2) is 34.7 Å². The van der Waals surface area contributed by atoms with Gasteiger partial charge < -0.3 is 4.74 Å². The normalized spacial score (nSPS) is 15.0. The fraction of sp³-hybridized carbons (Fsp3) is 0.867. The smallest absolute Gasteiger partial charge is 0.305 e. The summed E-state index contributed by atoms with van der Waals surface area (Å²) < 4.78 is 5.14. The zero-order valence-electron chi connectivity index (χ0n) is 14.0. The van der Waals surface area contributed by atoms with E-state index >= 15 is 0 Å². The Kier molecular flexibility index (Phi) is 8.57. The summed E-state index contributed by atoms with van der Waals surface area (Å²) in [5.41, 5.74) is -1.30. The Morgan fingerprint density at radius 2 is 1.90 bits per heavy atom. The van der Waals surface area contributed by atoms with Gasteiger partial charge in [-0.3, -0.25) is 4.79 Å². The monoisotopic (exact) mass is 313 g/mol. The number of carbonyl (C=O) groups excluding carboxylic acids is 1. The number of nitriles is 1. The van der Waals surface area contributed by atoms with Crippen LogP contribution in [-0.2, 0) is 9.53 Å². The Hall–Kier alpha value is -1.09. The summed E-state index contributed by atoms with van der Waals surface area (Å²) in [5, 5.41) is 18.0. The highest BCUT2D eigenvalue weighted by atomic mass is 32.2. The van der Waals surface area contributed by atoms with E-state index < -0.39 is 5.54 Å². The topological polar surface area (TPSA) is 74.8 Å². The van der Waals surface area contributed by atoms with E-state index in [-0.39, 0.29) is 17.9 Å². The molecule has 0 saturated carbocycles. The van der Waals surface area contributed by atoms with Crippen LogP contribution in [0.4, 0.5) is 0 Å². The molecule has 0 aromatic heterocycles. The molecule has 21 heavy (non-hydrogen) atoms. The molecule has 120 valence electrons. The average Bonchev–Trinajstić information content (AvgIpc) is 2.38. The lowest BCUT2D eigenvalue weighted by Crippen LogP contribution is -2.23. The van der Waals surface area contributed by atoms with Crippen LogP contribution in [0.2, 0.25) is 0 Å². The van der Waals surface area contributed by atoms with Crippen molar-refractivity contribution in [3.05, 3.63) is 0 Å². The number of azo groups is 1. The van der Waals surface area contributed by atoms with Gasteiger partial charge >= 0.3 is 5.97 Å². The molecule has 6 heteroatoms. The van der Waals surface area contributed by atoms with E-state index in [1.54, 1.807) is 18.7 Å². The van der Waals surface area contributed by atoms with Gasteiger partial charge in [-0.25, -0.2) is 0 Å². The highest BCUT2D eigenvalue weighted by Gasteiger charge is 2.26. The number of thioether (sulfide) groups is 1. The lowest BCUT2D eigenvalue weighted by molar-refractivity contribution is -0.143. The van der Waals surface area contributed by atoms with E-state index in [9.17, 15) is 10.1 Å². The third-order valence-corrected chi connectivity index (χ3v) is 3.49. The molecule has 0 aliphatic carbocycles. The first-order valence-electron chi connectivity index (χ1n) is 7.20. The highest BCUT2D eigenvalue weighted by molar-refractivity contribution is 7.99. The number of hydrogen-bond donors (Lipinski definition) is 0. The quantitative estimate of drug-likeness (QED) is 0.386. The molecule has 0 aliphatic heterocycles. The molecular formula is C15H27N3O2S. The SMILES string of the molecule is CC(C)SCCOC(=O)CCC(C)(C#N)N=NC(C)(C)C. The maximum atomic E-state index is 11.6. The first-order chi connectivity index (χ1) is 9.58. The van der Waals surface area contributed by atoms with Gasteiger partial charge in [-0.05, 0) is 39.4 Å². The van der Waals surface area contributed by atoms with Gasteiger partial charge in [0.15, 0.2) is 5.54 Å². The van der Waals surface area contributed by atoms with Gasteiger partial charge in [0.2, 0.25) is 0 Å². The minimum atomic E-state index is -0.973. The van der Waals surface area contributed by atoms with Crippen molar-refractivity contribution in [3.8, 4) is 6.07 Å². The lowest BCUT2D eigenvalue weighted by atomic mass is 9.99. The van der Waals surface area contributed by atoms with E-state index in [1.165, 1.54) is 0 Å².